The number of quaternary nitrogens is 1. The fraction of sp³-hybridized carbons (Fsp3) is 0.429. The number of hydrogen-bond donors (Lipinski definition) is 2. The normalized spacial score (nSPS) is 16.6. The van der Waals surface area contributed by atoms with E-state index in [0.717, 1.165) is 18.1 Å². The first-order valence-electron chi connectivity index (χ1n) is 6.90. The highest BCUT2D eigenvalue weighted by Gasteiger charge is 2.18. The zero-order valence-corrected chi connectivity index (χ0v) is 11.7. The van der Waals surface area contributed by atoms with E-state index in [-0.39, 0.29) is 0 Å². The van der Waals surface area contributed by atoms with Crippen molar-refractivity contribution in [3.63, 3.8) is 0 Å². The van der Waals surface area contributed by atoms with Crippen molar-refractivity contribution in [3.8, 4) is 5.69 Å². The molecule has 0 saturated carbocycles. The van der Waals surface area contributed by atoms with Crippen LogP contribution >= 0.6 is 12.2 Å². The molecule has 1 saturated heterocycles. The fourth-order valence-electron chi connectivity index (χ4n) is 2.74. The molecule has 0 atom stereocenters. The van der Waals surface area contributed by atoms with E-state index in [0.29, 0.717) is 4.77 Å². The van der Waals surface area contributed by atoms with Crippen LogP contribution in [-0.4, -0.2) is 27.9 Å². The van der Waals surface area contributed by atoms with Gasteiger partial charge >= 0.3 is 0 Å². The third-order valence-corrected chi connectivity index (χ3v) is 4.00. The molecule has 0 unspecified atom stereocenters. The largest absolute Gasteiger partial charge is 0.329 e. The Balaban J connectivity index is 1.88. The number of aromatic nitrogens is 3. The molecule has 1 aromatic carbocycles. The first-order valence-corrected chi connectivity index (χ1v) is 7.31. The van der Waals surface area contributed by atoms with E-state index in [9.17, 15) is 0 Å². The van der Waals surface area contributed by atoms with Gasteiger partial charge in [0.15, 0.2) is 10.6 Å². The first-order chi connectivity index (χ1) is 9.34. The standard InChI is InChI=1S/C14H18N4S/c19-14-16-15-13(11-17-9-5-2-6-10-17)18(14)12-7-3-1-4-8-12/h1,3-4,7-8H,2,5-6,9-11H2,(H,16,19)/p+1. The smallest absolute Gasteiger partial charge is 0.200 e. The number of nitrogens with one attached hydrogen (secondary N) is 2. The van der Waals surface area contributed by atoms with Crippen molar-refractivity contribution >= 4 is 12.2 Å². The molecule has 2 N–H and O–H groups in total. The van der Waals surface area contributed by atoms with Gasteiger partial charge in [0.1, 0.15) is 6.54 Å². The van der Waals surface area contributed by atoms with E-state index in [2.05, 4.69) is 26.9 Å². The van der Waals surface area contributed by atoms with E-state index in [4.69, 9.17) is 12.2 Å². The van der Waals surface area contributed by atoms with Crippen molar-refractivity contribution in [2.75, 3.05) is 13.1 Å². The summed E-state index contributed by atoms with van der Waals surface area (Å²) < 4.78 is 2.73. The third-order valence-electron chi connectivity index (χ3n) is 3.72. The average Bonchev–Trinajstić information content (AvgIpc) is 2.82. The minimum absolute atomic E-state index is 0.678. The molecule has 3 rings (SSSR count). The molecule has 5 heteroatoms. The van der Waals surface area contributed by atoms with Gasteiger partial charge in [-0.15, -0.1) is 0 Å². The number of piperidine rings is 1. The van der Waals surface area contributed by atoms with Crippen LogP contribution in [0.1, 0.15) is 25.1 Å². The Hall–Kier alpha value is -1.46. The van der Waals surface area contributed by atoms with Crippen LogP contribution in [0.2, 0.25) is 0 Å². The number of para-hydroxylation sites is 1. The summed E-state index contributed by atoms with van der Waals surface area (Å²) in [6.07, 6.45) is 4.02. The quantitative estimate of drug-likeness (QED) is 0.833. The molecule has 0 amide bonds. The van der Waals surface area contributed by atoms with E-state index < -0.39 is 0 Å². The summed E-state index contributed by atoms with van der Waals surface area (Å²) in [5.74, 6) is 1.04. The van der Waals surface area contributed by atoms with E-state index in [1.54, 1.807) is 4.90 Å². The summed E-state index contributed by atoms with van der Waals surface area (Å²) in [4.78, 5) is 1.61. The summed E-state index contributed by atoms with van der Waals surface area (Å²) in [6, 6.07) is 10.2. The number of likely N-dealkylation sites (tertiary alicyclic amines) is 1. The van der Waals surface area contributed by atoms with Crippen molar-refractivity contribution in [1.82, 2.24) is 14.8 Å². The predicted molar refractivity (Wildman–Crippen MR) is 77.0 cm³/mol. The molecule has 0 spiro atoms. The lowest BCUT2D eigenvalue weighted by Gasteiger charge is -2.23. The molecule has 19 heavy (non-hydrogen) atoms. The lowest BCUT2D eigenvalue weighted by Crippen LogP contribution is -3.11. The molecule has 0 bridgehead atoms. The van der Waals surface area contributed by atoms with Gasteiger partial charge in [-0.2, -0.15) is 5.10 Å². The molecule has 2 aromatic rings. The highest BCUT2D eigenvalue weighted by atomic mass is 32.1. The lowest BCUT2D eigenvalue weighted by molar-refractivity contribution is -0.919. The topological polar surface area (TPSA) is 38.0 Å². The summed E-state index contributed by atoms with van der Waals surface area (Å²) in [5.41, 5.74) is 1.09. The maximum Gasteiger partial charge on any atom is 0.200 e. The Labute approximate surface area is 118 Å². The molecule has 1 aliphatic rings. The number of aromatic amines is 1. The highest BCUT2D eigenvalue weighted by Crippen LogP contribution is 2.10. The van der Waals surface area contributed by atoms with Gasteiger partial charge in [-0.05, 0) is 43.6 Å². The second-order valence-corrected chi connectivity index (χ2v) is 5.49. The van der Waals surface area contributed by atoms with Gasteiger partial charge in [0, 0.05) is 5.69 Å². The number of hydrogen-bond acceptors (Lipinski definition) is 2. The molecule has 1 fully saturated rings. The van der Waals surface area contributed by atoms with Gasteiger partial charge in [0.25, 0.3) is 0 Å². The van der Waals surface area contributed by atoms with Crippen molar-refractivity contribution in [2.45, 2.75) is 25.8 Å². The molecular weight excluding hydrogens is 256 g/mol. The van der Waals surface area contributed by atoms with E-state index in [1.165, 1.54) is 32.4 Å². The highest BCUT2D eigenvalue weighted by molar-refractivity contribution is 7.71. The van der Waals surface area contributed by atoms with E-state index >= 15 is 0 Å². The SMILES string of the molecule is S=c1[nH]nc(C[NH+]2CCCCC2)n1-c1ccccc1. The Morgan fingerprint density at radius 2 is 1.89 bits per heavy atom. The van der Waals surface area contributed by atoms with Crippen molar-refractivity contribution in [3.05, 3.63) is 40.9 Å². The maximum atomic E-state index is 5.36. The minimum Gasteiger partial charge on any atom is -0.329 e. The van der Waals surface area contributed by atoms with Gasteiger partial charge in [-0.1, -0.05) is 18.2 Å². The van der Waals surface area contributed by atoms with Crippen LogP contribution in [0.4, 0.5) is 0 Å². The first kappa shape index (κ1) is 12.6. The summed E-state index contributed by atoms with van der Waals surface area (Å²) in [5, 5.41) is 7.34. The molecular formula is C14H19N4S+. The molecule has 0 radical (unpaired) electrons. The van der Waals surface area contributed by atoms with Crippen LogP contribution < -0.4 is 4.90 Å². The van der Waals surface area contributed by atoms with Gasteiger partial charge in [-0.3, -0.25) is 9.67 Å². The average molecular weight is 275 g/mol. The zero-order valence-electron chi connectivity index (χ0n) is 10.9. The molecule has 2 heterocycles. The van der Waals surface area contributed by atoms with Gasteiger partial charge in [0.2, 0.25) is 0 Å². The monoisotopic (exact) mass is 275 g/mol. The van der Waals surface area contributed by atoms with Crippen LogP contribution in [0.25, 0.3) is 5.69 Å². The lowest BCUT2D eigenvalue weighted by atomic mass is 10.1. The summed E-state index contributed by atoms with van der Waals surface area (Å²) in [7, 11) is 0. The second kappa shape index (κ2) is 5.67. The number of rotatable bonds is 3. The van der Waals surface area contributed by atoms with Crippen molar-refractivity contribution in [1.29, 1.82) is 0 Å². The Morgan fingerprint density at radius 1 is 1.16 bits per heavy atom. The Bertz CT molecular complexity index is 581. The summed E-state index contributed by atoms with van der Waals surface area (Å²) >= 11 is 5.36. The van der Waals surface area contributed by atoms with Crippen LogP contribution in [0.3, 0.4) is 0 Å². The third kappa shape index (κ3) is 2.77. The Morgan fingerprint density at radius 3 is 2.63 bits per heavy atom. The molecule has 0 aliphatic carbocycles. The zero-order chi connectivity index (χ0) is 13.1. The minimum atomic E-state index is 0.678. The second-order valence-electron chi connectivity index (χ2n) is 5.10. The summed E-state index contributed by atoms with van der Waals surface area (Å²) in [6.45, 7) is 3.44. The number of H-pyrrole nitrogens is 1. The number of benzene rings is 1. The van der Waals surface area contributed by atoms with Crippen molar-refractivity contribution < 1.29 is 4.90 Å². The molecule has 100 valence electrons. The van der Waals surface area contributed by atoms with Gasteiger partial charge in [0.05, 0.1) is 13.1 Å². The number of nitrogens with zero attached hydrogens (tertiary/aromatic N) is 2. The van der Waals surface area contributed by atoms with Gasteiger partial charge < -0.3 is 4.90 Å². The van der Waals surface area contributed by atoms with Crippen LogP contribution in [0, 0.1) is 4.77 Å². The maximum absolute atomic E-state index is 5.36. The fourth-order valence-corrected chi connectivity index (χ4v) is 3.00. The van der Waals surface area contributed by atoms with Crippen LogP contribution in [0.5, 0.6) is 0 Å². The van der Waals surface area contributed by atoms with E-state index in [1.807, 2.05) is 18.2 Å². The van der Waals surface area contributed by atoms with Crippen LogP contribution in [-0.2, 0) is 6.54 Å². The molecule has 1 aliphatic heterocycles. The van der Waals surface area contributed by atoms with Gasteiger partial charge in [-0.25, -0.2) is 0 Å². The molecule has 4 nitrogen and oxygen atoms in total. The predicted octanol–water partition coefficient (Wildman–Crippen LogP) is 1.50. The van der Waals surface area contributed by atoms with Crippen LogP contribution in [0.15, 0.2) is 30.3 Å². The Kier molecular flexibility index (Phi) is 3.75. The molecule has 1 aromatic heterocycles. The van der Waals surface area contributed by atoms with Crippen molar-refractivity contribution in [2.24, 2.45) is 0 Å².